The third-order valence-electron chi connectivity index (χ3n) is 4.52. The summed E-state index contributed by atoms with van der Waals surface area (Å²) in [5, 5.41) is 10.4. The van der Waals surface area contributed by atoms with E-state index in [4.69, 9.17) is 0 Å². The molecule has 0 fully saturated rings. The first kappa shape index (κ1) is 17.0. The van der Waals surface area contributed by atoms with Crippen LogP contribution in [0.25, 0.3) is 16.7 Å². The van der Waals surface area contributed by atoms with Gasteiger partial charge in [-0.25, -0.2) is 4.98 Å². The minimum absolute atomic E-state index is 0.176. The average molecular weight is 359 g/mol. The van der Waals surface area contributed by atoms with Crippen LogP contribution in [0.3, 0.4) is 0 Å². The van der Waals surface area contributed by atoms with Crippen LogP contribution in [0, 0.1) is 6.92 Å². The summed E-state index contributed by atoms with van der Waals surface area (Å²) >= 11 is 0. The molecule has 2 heterocycles. The second-order valence-electron chi connectivity index (χ2n) is 6.49. The SMILES string of the molecule is CCc1cc(=O)[nH]c(-n2nc(C)cc2NCc2cccc3ccccc23)n1. The van der Waals surface area contributed by atoms with Crippen LogP contribution in [0.15, 0.2) is 59.4 Å². The molecule has 2 aromatic carbocycles. The van der Waals surface area contributed by atoms with Crippen molar-refractivity contribution in [1.82, 2.24) is 19.7 Å². The molecule has 4 rings (SSSR count). The van der Waals surface area contributed by atoms with Gasteiger partial charge >= 0.3 is 0 Å². The first-order valence-corrected chi connectivity index (χ1v) is 9.02. The van der Waals surface area contributed by atoms with Crippen LogP contribution in [0.4, 0.5) is 5.82 Å². The number of hydrogen-bond donors (Lipinski definition) is 2. The van der Waals surface area contributed by atoms with Crippen LogP contribution >= 0.6 is 0 Å². The number of aromatic amines is 1. The molecule has 0 atom stereocenters. The molecular formula is C21H21N5O. The molecule has 2 N–H and O–H groups in total. The molecule has 0 saturated carbocycles. The highest BCUT2D eigenvalue weighted by molar-refractivity contribution is 5.85. The molecule has 0 bridgehead atoms. The maximum Gasteiger partial charge on any atom is 0.252 e. The van der Waals surface area contributed by atoms with Gasteiger partial charge in [-0.1, -0.05) is 49.4 Å². The van der Waals surface area contributed by atoms with E-state index in [1.54, 1.807) is 4.68 Å². The molecule has 136 valence electrons. The van der Waals surface area contributed by atoms with E-state index in [1.165, 1.54) is 22.4 Å². The van der Waals surface area contributed by atoms with Gasteiger partial charge in [-0.05, 0) is 29.7 Å². The fraction of sp³-hybridized carbons (Fsp3) is 0.190. The van der Waals surface area contributed by atoms with Crippen LogP contribution in [0.1, 0.15) is 23.9 Å². The Morgan fingerprint density at radius 2 is 1.93 bits per heavy atom. The number of H-pyrrole nitrogens is 1. The van der Waals surface area contributed by atoms with E-state index in [1.807, 2.05) is 32.0 Å². The number of aromatic nitrogens is 4. The molecule has 0 amide bonds. The van der Waals surface area contributed by atoms with Crippen molar-refractivity contribution in [1.29, 1.82) is 0 Å². The first-order valence-electron chi connectivity index (χ1n) is 9.02. The molecule has 0 spiro atoms. The van der Waals surface area contributed by atoms with E-state index in [0.717, 1.165) is 17.2 Å². The lowest BCUT2D eigenvalue weighted by Crippen LogP contribution is -2.16. The van der Waals surface area contributed by atoms with Crippen LogP contribution in [0.5, 0.6) is 0 Å². The average Bonchev–Trinajstić information content (AvgIpc) is 3.06. The van der Waals surface area contributed by atoms with Gasteiger partial charge < -0.3 is 5.32 Å². The Kier molecular flexibility index (Phi) is 4.46. The Morgan fingerprint density at radius 3 is 2.78 bits per heavy atom. The summed E-state index contributed by atoms with van der Waals surface area (Å²) in [6.07, 6.45) is 0.690. The van der Waals surface area contributed by atoms with Gasteiger partial charge in [-0.2, -0.15) is 9.78 Å². The van der Waals surface area contributed by atoms with E-state index < -0.39 is 0 Å². The lowest BCUT2D eigenvalue weighted by Gasteiger charge is -2.11. The Labute approximate surface area is 156 Å². The van der Waals surface area contributed by atoms with Crippen molar-refractivity contribution in [3.63, 3.8) is 0 Å². The van der Waals surface area contributed by atoms with Gasteiger partial charge in [-0.15, -0.1) is 0 Å². The van der Waals surface area contributed by atoms with E-state index in [0.29, 0.717) is 18.9 Å². The van der Waals surface area contributed by atoms with Gasteiger partial charge in [0.05, 0.1) is 5.69 Å². The third kappa shape index (κ3) is 3.46. The Morgan fingerprint density at radius 1 is 1.11 bits per heavy atom. The summed E-state index contributed by atoms with van der Waals surface area (Å²) < 4.78 is 1.65. The Hall–Kier alpha value is -3.41. The number of rotatable bonds is 5. The predicted molar refractivity (Wildman–Crippen MR) is 107 cm³/mol. The normalized spacial score (nSPS) is 11.0. The fourth-order valence-electron chi connectivity index (χ4n) is 3.19. The summed E-state index contributed by atoms with van der Waals surface area (Å²) in [4.78, 5) is 19.2. The van der Waals surface area contributed by atoms with Gasteiger partial charge in [0.1, 0.15) is 5.82 Å². The zero-order chi connectivity index (χ0) is 18.8. The van der Waals surface area contributed by atoms with E-state index in [2.05, 4.69) is 50.7 Å². The smallest absolute Gasteiger partial charge is 0.252 e. The summed E-state index contributed by atoms with van der Waals surface area (Å²) in [5.41, 5.74) is 2.61. The predicted octanol–water partition coefficient (Wildman–Crippen LogP) is 3.59. The first-order chi connectivity index (χ1) is 13.1. The summed E-state index contributed by atoms with van der Waals surface area (Å²) in [7, 11) is 0. The molecule has 0 unspecified atom stereocenters. The molecule has 27 heavy (non-hydrogen) atoms. The molecule has 0 aliphatic rings. The van der Waals surface area contributed by atoms with Crippen LogP contribution in [-0.2, 0) is 13.0 Å². The van der Waals surface area contributed by atoms with E-state index in [9.17, 15) is 4.79 Å². The number of aryl methyl sites for hydroxylation is 2. The van der Waals surface area contributed by atoms with Crippen molar-refractivity contribution in [3.8, 4) is 5.95 Å². The van der Waals surface area contributed by atoms with E-state index >= 15 is 0 Å². The van der Waals surface area contributed by atoms with Crippen LogP contribution < -0.4 is 10.9 Å². The number of anilines is 1. The highest BCUT2D eigenvalue weighted by Gasteiger charge is 2.11. The van der Waals surface area contributed by atoms with E-state index in [-0.39, 0.29) is 5.56 Å². The fourth-order valence-corrected chi connectivity index (χ4v) is 3.19. The lowest BCUT2D eigenvalue weighted by atomic mass is 10.0. The Bertz CT molecular complexity index is 1150. The van der Waals surface area contributed by atoms with Crippen molar-refractivity contribution >= 4 is 16.6 Å². The molecular weight excluding hydrogens is 338 g/mol. The van der Waals surface area contributed by atoms with Crippen LogP contribution in [0.2, 0.25) is 0 Å². The van der Waals surface area contributed by atoms with Crippen LogP contribution in [-0.4, -0.2) is 19.7 Å². The topological polar surface area (TPSA) is 75.6 Å². The molecule has 0 aliphatic carbocycles. The molecule has 2 aromatic heterocycles. The van der Waals surface area contributed by atoms with Crippen molar-refractivity contribution in [3.05, 3.63) is 81.9 Å². The molecule has 6 nitrogen and oxygen atoms in total. The second kappa shape index (κ2) is 7.07. The number of nitrogens with one attached hydrogen (secondary N) is 2. The zero-order valence-electron chi connectivity index (χ0n) is 15.4. The molecule has 0 radical (unpaired) electrons. The van der Waals surface area contributed by atoms with Crippen molar-refractivity contribution in [2.24, 2.45) is 0 Å². The molecule has 0 saturated heterocycles. The minimum Gasteiger partial charge on any atom is -0.366 e. The van der Waals surface area contributed by atoms with Gasteiger partial charge in [0, 0.05) is 24.4 Å². The maximum absolute atomic E-state index is 11.9. The third-order valence-corrected chi connectivity index (χ3v) is 4.52. The molecule has 4 aromatic rings. The summed E-state index contributed by atoms with van der Waals surface area (Å²) in [6, 6.07) is 18.1. The standard InChI is InChI=1S/C21H21N5O/c1-3-17-12-20(27)24-21(23-17)26-19(11-14(2)25-26)22-13-16-9-6-8-15-7-4-5-10-18(15)16/h4-12,22H,3,13H2,1-2H3,(H,23,24,27). The van der Waals surface area contributed by atoms with Crippen molar-refractivity contribution in [2.45, 2.75) is 26.8 Å². The zero-order valence-corrected chi connectivity index (χ0v) is 15.4. The minimum atomic E-state index is -0.176. The summed E-state index contributed by atoms with van der Waals surface area (Å²) in [5.74, 6) is 1.21. The van der Waals surface area contributed by atoms with Crippen molar-refractivity contribution < 1.29 is 0 Å². The van der Waals surface area contributed by atoms with Crippen molar-refractivity contribution in [2.75, 3.05) is 5.32 Å². The summed E-state index contributed by atoms with van der Waals surface area (Å²) in [6.45, 7) is 4.53. The highest BCUT2D eigenvalue weighted by Crippen LogP contribution is 2.21. The molecule has 0 aliphatic heterocycles. The number of fused-ring (bicyclic) bond motifs is 1. The largest absolute Gasteiger partial charge is 0.366 e. The number of benzene rings is 2. The quantitative estimate of drug-likeness (QED) is 0.571. The lowest BCUT2D eigenvalue weighted by molar-refractivity contribution is 0.777. The van der Waals surface area contributed by atoms with Gasteiger partial charge in [0.25, 0.3) is 5.56 Å². The second-order valence-corrected chi connectivity index (χ2v) is 6.49. The van der Waals surface area contributed by atoms with Gasteiger partial charge in [0.15, 0.2) is 0 Å². The Balaban J connectivity index is 1.68. The van der Waals surface area contributed by atoms with Gasteiger partial charge in [0.2, 0.25) is 5.95 Å². The highest BCUT2D eigenvalue weighted by atomic mass is 16.1. The number of nitrogens with zero attached hydrogens (tertiary/aromatic N) is 3. The maximum atomic E-state index is 11.9. The van der Waals surface area contributed by atoms with Gasteiger partial charge in [-0.3, -0.25) is 9.78 Å². The molecule has 6 heteroatoms. The monoisotopic (exact) mass is 359 g/mol. The number of hydrogen-bond acceptors (Lipinski definition) is 4.